The fraction of sp³-hybridized carbons (Fsp3) is 0.148. The van der Waals surface area contributed by atoms with Crippen LogP contribution in [0.2, 0.25) is 0 Å². The van der Waals surface area contributed by atoms with Gasteiger partial charge in [0.15, 0.2) is 0 Å². The van der Waals surface area contributed by atoms with Gasteiger partial charge in [-0.25, -0.2) is 0 Å². The van der Waals surface area contributed by atoms with Crippen LogP contribution in [0.1, 0.15) is 34.0 Å². The van der Waals surface area contributed by atoms with Gasteiger partial charge in [0.2, 0.25) is 0 Å². The minimum absolute atomic E-state index is 0.162. The molecule has 0 atom stereocenters. The van der Waals surface area contributed by atoms with Crippen LogP contribution in [0.25, 0.3) is 5.69 Å². The van der Waals surface area contributed by atoms with E-state index in [2.05, 4.69) is 29.5 Å². The molecule has 166 valence electrons. The highest BCUT2D eigenvalue weighted by Crippen LogP contribution is 2.25. The number of hydrogen-bond donors (Lipinski definition) is 1. The van der Waals surface area contributed by atoms with Gasteiger partial charge in [0.1, 0.15) is 5.03 Å². The van der Waals surface area contributed by atoms with Gasteiger partial charge in [-0.3, -0.25) is 9.59 Å². The normalized spacial score (nSPS) is 10.7. The quantitative estimate of drug-likeness (QED) is 0.417. The summed E-state index contributed by atoms with van der Waals surface area (Å²) in [5.74, 6) is -0.162. The summed E-state index contributed by atoms with van der Waals surface area (Å²) in [5, 5.41) is 8.15. The average Bonchev–Trinajstić information content (AvgIpc) is 2.85. The van der Waals surface area contributed by atoms with Crippen LogP contribution < -0.4 is 10.9 Å². The molecular weight excluding hydrogens is 430 g/mol. The van der Waals surface area contributed by atoms with Gasteiger partial charge < -0.3 is 5.32 Å². The second-order valence-electron chi connectivity index (χ2n) is 7.74. The lowest BCUT2D eigenvalue weighted by Crippen LogP contribution is -2.23. The van der Waals surface area contributed by atoms with E-state index in [9.17, 15) is 9.59 Å². The highest BCUT2D eigenvalue weighted by atomic mass is 32.2. The predicted molar refractivity (Wildman–Crippen MR) is 132 cm³/mol. The van der Waals surface area contributed by atoms with Crippen LogP contribution >= 0.6 is 11.8 Å². The minimum Gasteiger partial charge on any atom is -0.348 e. The summed E-state index contributed by atoms with van der Waals surface area (Å²) in [6.07, 6.45) is 0.991. The Hall–Kier alpha value is -3.64. The van der Waals surface area contributed by atoms with Gasteiger partial charge >= 0.3 is 0 Å². The van der Waals surface area contributed by atoms with E-state index in [1.807, 2.05) is 43.3 Å². The molecule has 33 heavy (non-hydrogen) atoms. The topological polar surface area (TPSA) is 64.0 Å². The van der Waals surface area contributed by atoms with Crippen LogP contribution in [0, 0.1) is 6.92 Å². The van der Waals surface area contributed by atoms with Gasteiger partial charge in [-0.1, -0.05) is 60.6 Å². The van der Waals surface area contributed by atoms with Crippen molar-refractivity contribution in [3.8, 4) is 5.69 Å². The van der Waals surface area contributed by atoms with Gasteiger partial charge in [-0.05, 0) is 66.9 Å². The summed E-state index contributed by atoms with van der Waals surface area (Å²) in [7, 11) is 0. The Kier molecular flexibility index (Phi) is 7.05. The number of rotatable bonds is 7. The molecule has 0 aliphatic heterocycles. The molecule has 1 amide bonds. The third kappa shape index (κ3) is 5.79. The zero-order chi connectivity index (χ0) is 23.2. The number of aryl methyl sites for hydroxylation is 2. The minimum atomic E-state index is -0.226. The van der Waals surface area contributed by atoms with E-state index < -0.39 is 0 Å². The molecule has 0 fully saturated rings. The number of amides is 1. The van der Waals surface area contributed by atoms with Crippen LogP contribution in [0.4, 0.5) is 0 Å². The lowest BCUT2D eigenvalue weighted by atomic mass is 10.1. The molecule has 0 saturated carbocycles. The maximum Gasteiger partial charge on any atom is 0.271 e. The molecule has 5 nitrogen and oxygen atoms in total. The molecule has 1 heterocycles. The SMILES string of the molecule is CCc1ccc(CNC(=O)c2ccc(-n3nc(Sc4ccc(C)cc4)ccc3=O)cc2)cc1. The standard InChI is InChI=1S/C27H25N3O2S/c1-3-20-6-8-21(9-7-20)18-28-27(32)22-10-12-23(13-11-22)30-26(31)17-16-25(29-30)33-24-14-4-19(2)5-15-24/h4-17H,3,18H2,1-2H3,(H,28,32). The van der Waals surface area contributed by atoms with Crippen molar-refractivity contribution in [2.45, 2.75) is 36.7 Å². The lowest BCUT2D eigenvalue weighted by Gasteiger charge is -2.09. The highest BCUT2D eigenvalue weighted by molar-refractivity contribution is 7.99. The Labute approximate surface area is 197 Å². The Bertz CT molecular complexity index is 1300. The fourth-order valence-corrected chi connectivity index (χ4v) is 4.06. The van der Waals surface area contributed by atoms with Gasteiger partial charge in [0.25, 0.3) is 11.5 Å². The van der Waals surface area contributed by atoms with Gasteiger partial charge in [0.05, 0.1) is 5.69 Å². The summed E-state index contributed by atoms with van der Waals surface area (Å²) in [6.45, 7) is 4.62. The monoisotopic (exact) mass is 455 g/mol. The number of nitrogens with zero attached hydrogens (tertiary/aromatic N) is 2. The van der Waals surface area contributed by atoms with Crippen LogP contribution in [0.3, 0.4) is 0 Å². The number of nitrogens with one attached hydrogen (secondary N) is 1. The molecule has 4 rings (SSSR count). The summed E-state index contributed by atoms with van der Waals surface area (Å²) < 4.78 is 1.35. The maximum absolute atomic E-state index is 12.5. The van der Waals surface area contributed by atoms with Gasteiger partial charge in [-0.15, -0.1) is 0 Å². The van der Waals surface area contributed by atoms with Gasteiger partial charge in [-0.2, -0.15) is 9.78 Å². The smallest absolute Gasteiger partial charge is 0.271 e. The first-order chi connectivity index (χ1) is 16.0. The Morgan fingerprint density at radius 2 is 1.55 bits per heavy atom. The summed E-state index contributed by atoms with van der Waals surface area (Å²) >= 11 is 1.49. The van der Waals surface area contributed by atoms with E-state index in [0.29, 0.717) is 17.8 Å². The Morgan fingerprint density at radius 1 is 0.879 bits per heavy atom. The first-order valence-electron chi connectivity index (χ1n) is 10.8. The van der Waals surface area contributed by atoms with Gasteiger partial charge in [0, 0.05) is 23.1 Å². The highest BCUT2D eigenvalue weighted by Gasteiger charge is 2.09. The number of benzene rings is 3. The number of carbonyl (C=O) groups excluding carboxylic acids is 1. The Morgan fingerprint density at radius 3 is 2.21 bits per heavy atom. The van der Waals surface area contributed by atoms with Crippen molar-refractivity contribution in [2.24, 2.45) is 0 Å². The maximum atomic E-state index is 12.5. The third-order valence-electron chi connectivity index (χ3n) is 5.28. The summed E-state index contributed by atoms with van der Waals surface area (Å²) in [4.78, 5) is 26.0. The largest absolute Gasteiger partial charge is 0.348 e. The van der Waals surface area contributed by atoms with Crippen molar-refractivity contribution in [1.29, 1.82) is 0 Å². The van der Waals surface area contributed by atoms with Crippen molar-refractivity contribution in [1.82, 2.24) is 15.1 Å². The summed E-state index contributed by atoms with van der Waals surface area (Å²) in [6, 6.07) is 26.5. The molecule has 0 radical (unpaired) electrons. The average molecular weight is 456 g/mol. The van der Waals surface area contributed by atoms with Crippen molar-refractivity contribution in [2.75, 3.05) is 0 Å². The fourth-order valence-electron chi connectivity index (χ4n) is 3.29. The molecule has 0 unspecified atom stereocenters. The number of hydrogen-bond acceptors (Lipinski definition) is 4. The molecule has 0 spiro atoms. The second-order valence-corrected chi connectivity index (χ2v) is 8.83. The van der Waals surface area contributed by atoms with E-state index in [-0.39, 0.29) is 11.5 Å². The molecule has 0 aliphatic rings. The van der Waals surface area contributed by atoms with E-state index in [0.717, 1.165) is 21.9 Å². The molecule has 1 N–H and O–H groups in total. The van der Waals surface area contributed by atoms with E-state index >= 15 is 0 Å². The van der Waals surface area contributed by atoms with E-state index in [4.69, 9.17) is 0 Å². The van der Waals surface area contributed by atoms with E-state index in [1.165, 1.54) is 33.6 Å². The first kappa shape index (κ1) is 22.6. The number of aromatic nitrogens is 2. The summed E-state index contributed by atoms with van der Waals surface area (Å²) in [5.41, 5.74) is 4.42. The predicted octanol–water partition coefficient (Wildman–Crippen LogP) is 5.18. The van der Waals surface area contributed by atoms with E-state index in [1.54, 1.807) is 30.3 Å². The molecule has 0 saturated heterocycles. The molecule has 4 aromatic rings. The molecular formula is C27H25N3O2S. The van der Waals surface area contributed by atoms with Crippen LogP contribution in [-0.2, 0) is 13.0 Å². The molecule has 3 aromatic carbocycles. The van der Waals surface area contributed by atoms with Crippen molar-refractivity contribution in [3.05, 3.63) is 118 Å². The van der Waals surface area contributed by atoms with Crippen molar-refractivity contribution >= 4 is 17.7 Å². The van der Waals surface area contributed by atoms with Crippen molar-refractivity contribution < 1.29 is 4.79 Å². The van der Waals surface area contributed by atoms with Crippen LogP contribution in [-0.4, -0.2) is 15.7 Å². The third-order valence-corrected chi connectivity index (χ3v) is 6.21. The van der Waals surface area contributed by atoms with Crippen molar-refractivity contribution in [3.63, 3.8) is 0 Å². The molecule has 0 aliphatic carbocycles. The van der Waals surface area contributed by atoms with Crippen LogP contribution in [0.15, 0.2) is 99.6 Å². The molecule has 1 aromatic heterocycles. The zero-order valence-electron chi connectivity index (χ0n) is 18.6. The zero-order valence-corrected chi connectivity index (χ0v) is 19.4. The first-order valence-corrected chi connectivity index (χ1v) is 11.6. The lowest BCUT2D eigenvalue weighted by molar-refractivity contribution is 0.0951. The molecule has 6 heteroatoms. The number of carbonyl (C=O) groups is 1. The molecule has 0 bridgehead atoms. The Balaban J connectivity index is 1.45. The van der Waals surface area contributed by atoms with Crippen LogP contribution in [0.5, 0.6) is 0 Å². The second kappa shape index (κ2) is 10.3.